The standard InChI is InChI=1S/C18H21N5O2/c1-2-14-5-3-4-6-15(14)20-18-19-8-7-16(21-18)17(25)23-11-9-22(13-24)10-12-23/h3-8,13H,2,9-12H2,1H3,(H,19,20,21). The van der Waals surface area contributed by atoms with E-state index in [1.807, 2.05) is 24.3 Å². The molecule has 1 aromatic carbocycles. The van der Waals surface area contributed by atoms with Crippen molar-refractivity contribution >= 4 is 24.0 Å². The van der Waals surface area contributed by atoms with E-state index in [1.54, 1.807) is 22.1 Å². The van der Waals surface area contributed by atoms with E-state index < -0.39 is 0 Å². The minimum atomic E-state index is -0.139. The summed E-state index contributed by atoms with van der Waals surface area (Å²) in [6.45, 7) is 4.22. The Morgan fingerprint density at radius 3 is 2.68 bits per heavy atom. The molecule has 0 saturated carbocycles. The number of nitrogens with zero attached hydrogens (tertiary/aromatic N) is 4. The van der Waals surface area contributed by atoms with E-state index in [0.717, 1.165) is 24.1 Å². The molecule has 1 aliphatic rings. The van der Waals surface area contributed by atoms with E-state index in [2.05, 4.69) is 22.2 Å². The largest absolute Gasteiger partial charge is 0.342 e. The molecule has 0 atom stereocenters. The molecule has 0 bridgehead atoms. The summed E-state index contributed by atoms with van der Waals surface area (Å²) in [6.07, 6.45) is 3.29. The minimum absolute atomic E-state index is 0.139. The van der Waals surface area contributed by atoms with Gasteiger partial charge in [-0.2, -0.15) is 0 Å². The topological polar surface area (TPSA) is 78.4 Å². The van der Waals surface area contributed by atoms with Crippen molar-refractivity contribution < 1.29 is 9.59 Å². The van der Waals surface area contributed by atoms with Gasteiger partial charge in [-0.05, 0) is 24.1 Å². The molecule has 0 spiro atoms. The SMILES string of the molecule is CCc1ccccc1Nc1nccc(C(=O)N2CCN(C=O)CC2)n1. The summed E-state index contributed by atoms with van der Waals surface area (Å²) >= 11 is 0. The van der Waals surface area contributed by atoms with E-state index in [9.17, 15) is 9.59 Å². The van der Waals surface area contributed by atoms with Crippen LogP contribution in [0.3, 0.4) is 0 Å². The van der Waals surface area contributed by atoms with Crippen molar-refractivity contribution in [3.63, 3.8) is 0 Å². The third-order valence-corrected chi connectivity index (χ3v) is 4.27. The summed E-state index contributed by atoms with van der Waals surface area (Å²) in [5.41, 5.74) is 2.45. The number of rotatable bonds is 5. The number of aryl methyl sites for hydroxylation is 1. The molecule has 25 heavy (non-hydrogen) atoms. The maximum Gasteiger partial charge on any atom is 0.272 e. The molecule has 1 N–H and O–H groups in total. The Morgan fingerprint density at radius 2 is 1.96 bits per heavy atom. The molecule has 2 heterocycles. The van der Waals surface area contributed by atoms with Crippen LogP contribution in [0.4, 0.5) is 11.6 Å². The van der Waals surface area contributed by atoms with Gasteiger partial charge in [0.25, 0.3) is 5.91 Å². The number of hydrogen-bond donors (Lipinski definition) is 1. The van der Waals surface area contributed by atoms with Gasteiger partial charge in [0.1, 0.15) is 5.69 Å². The van der Waals surface area contributed by atoms with Gasteiger partial charge in [-0.3, -0.25) is 9.59 Å². The van der Waals surface area contributed by atoms with Crippen molar-refractivity contribution in [2.45, 2.75) is 13.3 Å². The average molecular weight is 339 g/mol. The normalized spacial score (nSPS) is 14.3. The monoisotopic (exact) mass is 339 g/mol. The third-order valence-electron chi connectivity index (χ3n) is 4.27. The first-order valence-corrected chi connectivity index (χ1v) is 8.38. The number of nitrogens with one attached hydrogen (secondary N) is 1. The van der Waals surface area contributed by atoms with Gasteiger partial charge in [0, 0.05) is 38.1 Å². The van der Waals surface area contributed by atoms with Gasteiger partial charge in [-0.15, -0.1) is 0 Å². The van der Waals surface area contributed by atoms with E-state index in [-0.39, 0.29) is 5.91 Å². The zero-order chi connectivity index (χ0) is 17.6. The lowest BCUT2D eigenvalue weighted by Crippen LogP contribution is -2.48. The van der Waals surface area contributed by atoms with Crippen molar-refractivity contribution in [1.82, 2.24) is 19.8 Å². The highest BCUT2D eigenvalue weighted by Gasteiger charge is 2.22. The van der Waals surface area contributed by atoms with Crippen LogP contribution < -0.4 is 5.32 Å². The zero-order valence-electron chi connectivity index (χ0n) is 14.2. The number of amides is 2. The Bertz CT molecular complexity index is 757. The number of anilines is 2. The van der Waals surface area contributed by atoms with Gasteiger partial charge in [0.05, 0.1) is 0 Å². The van der Waals surface area contributed by atoms with E-state index >= 15 is 0 Å². The van der Waals surface area contributed by atoms with Gasteiger partial charge in [0.2, 0.25) is 12.4 Å². The summed E-state index contributed by atoms with van der Waals surface area (Å²) in [7, 11) is 0. The molecule has 7 heteroatoms. The van der Waals surface area contributed by atoms with Crippen molar-refractivity contribution in [2.75, 3.05) is 31.5 Å². The Balaban J connectivity index is 1.73. The van der Waals surface area contributed by atoms with Gasteiger partial charge in [-0.1, -0.05) is 25.1 Å². The molecule has 3 rings (SSSR count). The van der Waals surface area contributed by atoms with E-state index in [1.165, 1.54) is 0 Å². The third kappa shape index (κ3) is 3.93. The Hall–Kier alpha value is -2.96. The molecule has 0 radical (unpaired) electrons. The molecule has 130 valence electrons. The highest BCUT2D eigenvalue weighted by atomic mass is 16.2. The van der Waals surface area contributed by atoms with Gasteiger partial charge in [0.15, 0.2) is 0 Å². The first kappa shape index (κ1) is 16.9. The predicted molar refractivity (Wildman–Crippen MR) is 94.7 cm³/mol. The van der Waals surface area contributed by atoms with Crippen LogP contribution in [0.25, 0.3) is 0 Å². The quantitative estimate of drug-likeness (QED) is 0.839. The Morgan fingerprint density at radius 1 is 1.20 bits per heavy atom. The fourth-order valence-corrected chi connectivity index (χ4v) is 2.80. The number of para-hydroxylation sites is 1. The first-order chi connectivity index (χ1) is 12.2. The Kier molecular flexibility index (Phi) is 5.23. The molecule has 1 aromatic heterocycles. The lowest BCUT2D eigenvalue weighted by molar-refractivity contribution is -0.119. The van der Waals surface area contributed by atoms with Gasteiger partial charge >= 0.3 is 0 Å². The molecule has 0 unspecified atom stereocenters. The summed E-state index contributed by atoms with van der Waals surface area (Å²) in [5, 5.41) is 3.19. The van der Waals surface area contributed by atoms with Crippen molar-refractivity contribution in [3.8, 4) is 0 Å². The fraction of sp³-hybridized carbons (Fsp3) is 0.333. The van der Waals surface area contributed by atoms with Crippen LogP contribution in [0.15, 0.2) is 36.5 Å². The minimum Gasteiger partial charge on any atom is -0.342 e. The van der Waals surface area contributed by atoms with Crippen LogP contribution >= 0.6 is 0 Å². The average Bonchev–Trinajstić information content (AvgIpc) is 2.68. The van der Waals surface area contributed by atoms with Crippen LogP contribution in [0.5, 0.6) is 0 Å². The Labute approximate surface area is 146 Å². The number of piperazine rings is 1. The van der Waals surface area contributed by atoms with Crippen molar-refractivity contribution in [2.24, 2.45) is 0 Å². The second kappa shape index (κ2) is 7.74. The fourth-order valence-electron chi connectivity index (χ4n) is 2.80. The second-order valence-electron chi connectivity index (χ2n) is 5.83. The van der Waals surface area contributed by atoms with Gasteiger partial charge in [-0.25, -0.2) is 9.97 Å². The molecular weight excluding hydrogens is 318 g/mol. The van der Waals surface area contributed by atoms with E-state index in [4.69, 9.17) is 0 Å². The van der Waals surface area contributed by atoms with Gasteiger partial charge < -0.3 is 15.1 Å². The summed E-state index contributed by atoms with van der Waals surface area (Å²) < 4.78 is 0. The van der Waals surface area contributed by atoms with Crippen LogP contribution in [0.2, 0.25) is 0 Å². The molecular formula is C18H21N5O2. The van der Waals surface area contributed by atoms with Crippen LogP contribution in [-0.2, 0) is 11.2 Å². The molecule has 2 amide bonds. The maximum atomic E-state index is 12.6. The molecule has 0 aliphatic carbocycles. The first-order valence-electron chi connectivity index (χ1n) is 8.38. The number of hydrogen-bond acceptors (Lipinski definition) is 5. The van der Waals surface area contributed by atoms with Crippen LogP contribution in [-0.4, -0.2) is 58.3 Å². The predicted octanol–water partition coefficient (Wildman–Crippen LogP) is 1.70. The number of aromatic nitrogens is 2. The molecule has 7 nitrogen and oxygen atoms in total. The maximum absolute atomic E-state index is 12.6. The van der Waals surface area contributed by atoms with E-state index in [0.29, 0.717) is 37.8 Å². The summed E-state index contributed by atoms with van der Waals surface area (Å²) in [5.74, 6) is 0.262. The summed E-state index contributed by atoms with van der Waals surface area (Å²) in [6, 6.07) is 9.57. The molecule has 1 fully saturated rings. The number of carbonyl (C=O) groups is 2. The second-order valence-corrected chi connectivity index (χ2v) is 5.83. The molecule has 2 aromatic rings. The number of carbonyl (C=O) groups excluding carboxylic acids is 2. The molecule has 1 aliphatic heterocycles. The lowest BCUT2D eigenvalue weighted by atomic mass is 10.1. The highest BCUT2D eigenvalue weighted by molar-refractivity contribution is 5.92. The summed E-state index contributed by atoms with van der Waals surface area (Å²) in [4.78, 5) is 35.4. The van der Waals surface area contributed by atoms with Crippen LogP contribution in [0, 0.1) is 0 Å². The van der Waals surface area contributed by atoms with Crippen molar-refractivity contribution in [1.29, 1.82) is 0 Å². The van der Waals surface area contributed by atoms with Crippen LogP contribution in [0.1, 0.15) is 23.0 Å². The number of benzene rings is 1. The van der Waals surface area contributed by atoms with Crippen molar-refractivity contribution in [3.05, 3.63) is 47.8 Å². The zero-order valence-corrected chi connectivity index (χ0v) is 14.2. The smallest absolute Gasteiger partial charge is 0.272 e. The lowest BCUT2D eigenvalue weighted by Gasteiger charge is -2.32. The highest BCUT2D eigenvalue weighted by Crippen LogP contribution is 2.19. The molecule has 1 saturated heterocycles.